The SMILES string of the molecule is CN(Cc1ccco1)C(=O)CN(Cc1c(F)cccc1Cl)C1CC1. The Labute approximate surface area is 145 Å². The molecule has 1 aliphatic rings. The summed E-state index contributed by atoms with van der Waals surface area (Å²) in [5.41, 5.74) is 0.451. The molecule has 0 atom stereocenters. The molecule has 0 saturated heterocycles. The number of benzene rings is 1. The summed E-state index contributed by atoms with van der Waals surface area (Å²) in [4.78, 5) is 16.1. The van der Waals surface area contributed by atoms with Crippen molar-refractivity contribution in [3.8, 4) is 0 Å². The van der Waals surface area contributed by atoms with Gasteiger partial charge in [0.05, 0.1) is 19.4 Å². The highest BCUT2D eigenvalue weighted by molar-refractivity contribution is 6.31. The molecule has 0 unspecified atom stereocenters. The largest absolute Gasteiger partial charge is 0.467 e. The topological polar surface area (TPSA) is 36.7 Å². The van der Waals surface area contributed by atoms with Crippen molar-refractivity contribution in [3.05, 3.63) is 58.8 Å². The van der Waals surface area contributed by atoms with Crippen molar-refractivity contribution in [2.24, 2.45) is 0 Å². The molecule has 24 heavy (non-hydrogen) atoms. The normalized spacial score (nSPS) is 14.2. The molecule has 1 amide bonds. The highest BCUT2D eigenvalue weighted by atomic mass is 35.5. The number of likely N-dealkylation sites (N-methyl/N-ethyl adjacent to an activating group) is 1. The van der Waals surface area contributed by atoms with Crippen molar-refractivity contribution in [3.63, 3.8) is 0 Å². The summed E-state index contributed by atoms with van der Waals surface area (Å²) in [6.07, 6.45) is 3.65. The molecule has 0 aliphatic heterocycles. The van der Waals surface area contributed by atoms with Crippen molar-refractivity contribution >= 4 is 17.5 Å². The zero-order valence-electron chi connectivity index (χ0n) is 13.5. The van der Waals surface area contributed by atoms with Gasteiger partial charge in [0.15, 0.2) is 0 Å². The van der Waals surface area contributed by atoms with Crippen LogP contribution >= 0.6 is 11.6 Å². The van der Waals surface area contributed by atoms with E-state index in [0.717, 1.165) is 18.6 Å². The molecule has 4 nitrogen and oxygen atoms in total. The highest BCUT2D eigenvalue weighted by Gasteiger charge is 2.32. The van der Waals surface area contributed by atoms with E-state index >= 15 is 0 Å². The molecule has 1 aromatic carbocycles. The average Bonchev–Trinajstić information content (AvgIpc) is 3.27. The number of amides is 1. The van der Waals surface area contributed by atoms with Gasteiger partial charge in [-0.2, -0.15) is 0 Å². The number of rotatable bonds is 7. The molecule has 0 radical (unpaired) electrons. The zero-order chi connectivity index (χ0) is 17.1. The maximum atomic E-state index is 14.0. The lowest BCUT2D eigenvalue weighted by molar-refractivity contribution is -0.132. The average molecular weight is 351 g/mol. The fourth-order valence-electron chi connectivity index (χ4n) is 2.66. The van der Waals surface area contributed by atoms with E-state index < -0.39 is 0 Å². The Balaban J connectivity index is 1.65. The van der Waals surface area contributed by atoms with Crippen LogP contribution in [-0.2, 0) is 17.9 Å². The van der Waals surface area contributed by atoms with Crippen LogP contribution in [-0.4, -0.2) is 35.3 Å². The van der Waals surface area contributed by atoms with Gasteiger partial charge in [0, 0.05) is 30.2 Å². The van der Waals surface area contributed by atoms with Crippen molar-refractivity contribution in [2.45, 2.75) is 32.0 Å². The number of carbonyl (C=O) groups excluding carboxylic acids is 1. The van der Waals surface area contributed by atoms with E-state index in [4.69, 9.17) is 16.0 Å². The summed E-state index contributed by atoms with van der Waals surface area (Å²) in [6.45, 7) is 1.01. The Hall–Kier alpha value is -1.85. The van der Waals surface area contributed by atoms with E-state index in [0.29, 0.717) is 29.7 Å². The summed E-state index contributed by atoms with van der Waals surface area (Å²) < 4.78 is 19.3. The summed E-state index contributed by atoms with van der Waals surface area (Å²) in [7, 11) is 1.74. The predicted molar refractivity (Wildman–Crippen MR) is 90.0 cm³/mol. The van der Waals surface area contributed by atoms with Gasteiger partial charge in [-0.05, 0) is 37.1 Å². The van der Waals surface area contributed by atoms with Crippen molar-refractivity contribution in [2.75, 3.05) is 13.6 Å². The Morgan fingerprint density at radius 3 is 2.71 bits per heavy atom. The molecule has 1 heterocycles. The van der Waals surface area contributed by atoms with E-state index in [1.165, 1.54) is 6.07 Å². The van der Waals surface area contributed by atoms with Crippen LogP contribution < -0.4 is 0 Å². The second-order valence-electron chi connectivity index (χ2n) is 6.17. The molecular weight excluding hydrogens is 331 g/mol. The van der Waals surface area contributed by atoms with Gasteiger partial charge in [-0.25, -0.2) is 4.39 Å². The molecule has 1 aliphatic carbocycles. The Kier molecular flexibility index (Phi) is 5.21. The summed E-state index contributed by atoms with van der Waals surface area (Å²) in [5, 5.41) is 0.400. The van der Waals surface area contributed by atoms with Crippen LogP contribution in [0.2, 0.25) is 5.02 Å². The molecule has 2 aromatic rings. The summed E-state index contributed by atoms with van der Waals surface area (Å²) in [5.74, 6) is 0.385. The third-order valence-electron chi connectivity index (χ3n) is 4.22. The van der Waals surface area contributed by atoms with Crippen LogP contribution in [0.1, 0.15) is 24.2 Å². The van der Waals surface area contributed by atoms with E-state index in [-0.39, 0.29) is 18.3 Å². The lowest BCUT2D eigenvalue weighted by Crippen LogP contribution is -2.39. The van der Waals surface area contributed by atoms with Crippen LogP contribution in [0.15, 0.2) is 41.0 Å². The molecule has 6 heteroatoms. The van der Waals surface area contributed by atoms with Crippen LogP contribution in [0.5, 0.6) is 0 Å². The van der Waals surface area contributed by atoms with Gasteiger partial charge in [-0.1, -0.05) is 17.7 Å². The summed E-state index contributed by atoms with van der Waals surface area (Å²) >= 11 is 6.12. The standard InChI is InChI=1S/C18H20ClFN2O2/c1-21(10-14-4-3-9-24-14)18(23)12-22(13-7-8-13)11-15-16(19)5-2-6-17(15)20/h2-6,9,13H,7-8,10-12H2,1H3. The molecule has 0 N–H and O–H groups in total. The Morgan fingerprint density at radius 2 is 2.08 bits per heavy atom. The molecule has 0 bridgehead atoms. The highest BCUT2D eigenvalue weighted by Crippen LogP contribution is 2.30. The van der Waals surface area contributed by atoms with Gasteiger partial charge in [0.25, 0.3) is 0 Å². The quantitative estimate of drug-likeness (QED) is 0.764. The maximum absolute atomic E-state index is 14.0. The number of halogens is 2. The number of carbonyl (C=O) groups is 1. The van der Waals surface area contributed by atoms with Crippen LogP contribution in [0.25, 0.3) is 0 Å². The van der Waals surface area contributed by atoms with Crippen LogP contribution in [0.3, 0.4) is 0 Å². The van der Waals surface area contributed by atoms with Gasteiger partial charge >= 0.3 is 0 Å². The first-order valence-corrected chi connectivity index (χ1v) is 8.35. The zero-order valence-corrected chi connectivity index (χ0v) is 14.3. The molecule has 3 rings (SSSR count). The van der Waals surface area contributed by atoms with Gasteiger partial charge in [-0.15, -0.1) is 0 Å². The monoisotopic (exact) mass is 350 g/mol. The molecule has 128 valence electrons. The van der Waals surface area contributed by atoms with Gasteiger partial charge in [0.2, 0.25) is 5.91 Å². The third kappa shape index (κ3) is 4.16. The van der Waals surface area contributed by atoms with E-state index in [9.17, 15) is 9.18 Å². The molecule has 1 saturated carbocycles. The molecule has 1 aromatic heterocycles. The lowest BCUT2D eigenvalue weighted by Gasteiger charge is -2.25. The number of hydrogen-bond donors (Lipinski definition) is 0. The van der Waals surface area contributed by atoms with E-state index in [2.05, 4.69) is 0 Å². The minimum Gasteiger partial charge on any atom is -0.467 e. The first kappa shape index (κ1) is 17.0. The summed E-state index contributed by atoms with van der Waals surface area (Å²) in [6, 6.07) is 8.62. The van der Waals surface area contributed by atoms with Crippen molar-refractivity contribution in [1.82, 2.24) is 9.80 Å². The van der Waals surface area contributed by atoms with Crippen LogP contribution in [0, 0.1) is 5.82 Å². The van der Waals surface area contributed by atoms with E-state index in [1.807, 2.05) is 11.0 Å². The lowest BCUT2D eigenvalue weighted by atomic mass is 10.2. The van der Waals surface area contributed by atoms with Crippen molar-refractivity contribution in [1.29, 1.82) is 0 Å². The second kappa shape index (κ2) is 7.36. The van der Waals surface area contributed by atoms with Gasteiger partial charge in [0.1, 0.15) is 11.6 Å². The second-order valence-corrected chi connectivity index (χ2v) is 6.57. The third-order valence-corrected chi connectivity index (χ3v) is 4.58. The molecular formula is C18H20ClFN2O2. The van der Waals surface area contributed by atoms with Crippen LogP contribution in [0.4, 0.5) is 4.39 Å². The number of furan rings is 1. The minimum atomic E-state index is -0.329. The number of hydrogen-bond acceptors (Lipinski definition) is 3. The Morgan fingerprint density at radius 1 is 1.29 bits per heavy atom. The van der Waals surface area contributed by atoms with Gasteiger partial charge < -0.3 is 9.32 Å². The van der Waals surface area contributed by atoms with E-state index in [1.54, 1.807) is 36.4 Å². The van der Waals surface area contributed by atoms with Gasteiger partial charge in [-0.3, -0.25) is 9.69 Å². The Bertz CT molecular complexity index is 681. The number of nitrogens with zero attached hydrogens (tertiary/aromatic N) is 2. The predicted octanol–water partition coefficient (Wildman–Crippen LogP) is 3.70. The molecule has 0 spiro atoms. The van der Waals surface area contributed by atoms with Crippen molar-refractivity contribution < 1.29 is 13.6 Å². The minimum absolute atomic E-state index is 0.0224. The smallest absolute Gasteiger partial charge is 0.236 e. The maximum Gasteiger partial charge on any atom is 0.236 e. The fourth-order valence-corrected chi connectivity index (χ4v) is 2.88. The fraction of sp³-hybridized carbons (Fsp3) is 0.389. The molecule has 1 fully saturated rings. The first-order valence-electron chi connectivity index (χ1n) is 7.98. The first-order chi connectivity index (χ1) is 11.5.